The zero-order valence-corrected chi connectivity index (χ0v) is 15.3. The lowest BCUT2D eigenvalue weighted by Gasteiger charge is -2.22. The van der Waals surface area contributed by atoms with Crippen LogP contribution in [0.1, 0.15) is 18.4 Å². The predicted octanol–water partition coefficient (Wildman–Crippen LogP) is 4.11. The summed E-state index contributed by atoms with van der Waals surface area (Å²) < 4.78 is 5.57. The lowest BCUT2D eigenvalue weighted by molar-refractivity contribution is 0.407. The highest BCUT2D eigenvalue weighted by atomic mass is 28.3. The van der Waals surface area contributed by atoms with Crippen LogP contribution in [0, 0.1) is 0 Å². The van der Waals surface area contributed by atoms with Gasteiger partial charge in [-0.05, 0) is 23.6 Å². The van der Waals surface area contributed by atoms with E-state index in [1.54, 1.807) is 7.11 Å². The van der Waals surface area contributed by atoms with E-state index >= 15 is 0 Å². The summed E-state index contributed by atoms with van der Waals surface area (Å²) in [4.78, 5) is 0. The van der Waals surface area contributed by atoms with Crippen LogP contribution in [0.25, 0.3) is 0 Å². The van der Waals surface area contributed by atoms with Gasteiger partial charge in [-0.15, -0.1) is 0 Å². The van der Waals surface area contributed by atoms with E-state index < -0.39 is 8.80 Å². The minimum Gasteiger partial charge on any atom is -0.496 e. The molecule has 0 fully saturated rings. The number of methoxy groups -OCH3 is 1. The van der Waals surface area contributed by atoms with Crippen molar-refractivity contribution in [3.05, 3.63) is 90.5 Å². The zero-order chi connectivity index (χ0) is 16.8. The topological polar surface area (TPSA) is 9.23 Å². The maximum absolute atomic E-state index is 5.57. The molecule has 0 amide bonds. The molecule has 3 aromatic rings. The molecule has 0 aromatic heterocycles. The standard InChI is InChI=1S/C22H23OSi/c1-18(21-15-9-10-16-22(21)23-2)17-24(19-11-5-3-6-12-19)20-13-7-4-8-14-20/h3-16,18H,17H2,1-2H3/t18-/m1/s1. The fourth-order valence-electron chi connectivity index (χ4n) is 3.17. The van der Waals surface area contributed by atoms with Crippen molar-refractivity contribution in [2.75, 3.05) is 7.11 Å². The van der Waals surface area contributed by atoms with E-state index in [-0.39, 0.29) is 0 Å². The lowest BCUT2D eigenvalue weighted by Crippen LogP contribution is -2.42. The molecule has 0 saturated heterocycles. The van der Waals surface area contributed by atoms with Crippen LogP contribution in [-0.4, -0.2) is 15.9 Å². The van der Waals surface area contributed by atoms with Crippen LogP contribution < -0.4 is 15.1 Å². The van der Waals surface area contributed by atoms with Crippen LogP contribution in [0.15, 0.2) is 84.9 Å². The molecule has 0 unspecified atom stereocenters. The van der Waals surface area contributed by atoms with Crippen LogP contribution in [-0.2, 0) is 0 Å². The molecule has 0 aliphatic carbocycles. The van der Waals surface area contributed by atoms with Gasteiger partial charge in [-0.2, -0.15) is 0 Å². The van der Waals surface area contributed by atoms with Gasteiger partial charge in [-0.3, -0.25) is 0 Å². The van der Waals surface area contributed by atoms with Gasteiger partial charge in [0.25, 0.3) is 0 Å². The molecule has 0 bridgehead atoms. The second-order valence-corrected chi connectivity index (χ2v) is 8.58. The Labute approximate surface area is 146 Å². The quantitative estimate of drug-likeness (QED) is 0.618. The summed E-state index contributed by atoms with van der Waals surface area (Å²) in [5.41, 5.74) is 1.30. The first-order valence-electron chi connectivity index (χ1n) is 8.39. The zero-order valence-electron chi connectivity index (χ0n) is 14.3. The van der Waals surface area contributed by atoms with Crippen molar-refractivity contribution in [3.63, 3.8) is 0 Å². The smallest absolute Gasteiger partial charge is 0.122 e. The van der Waals surface area contributed by atoms with Crippen LogP contribution in [0.3, 0.4) is 0 Å². The minimum absolute atomic E-state index is 0.454. The number of rotatable bonds is 6. The molecule has 0 saturated carbocycles. The van der Waals surface area contributed by atoms with Gasteiger partial charge in [-0.25, -0.2) is 0 Å². The molecular formula is C22H23OSi. The summed E-state index contributed by atoms with van der Waals surface area (Å²) in [5, 5.41) is 2.94. The fourth-order valence-corrected chi connectivity index (χ4v) is 6.00. The molecule has 3 aromatic carbocycles. The average molecular weight is 332 g/mol. The van der Waals surface area contributed by atoms with E-state index in [2.05, 4.69) is 85.8 Å². The summed E-state index contributed by atoms with van der Waals surface area (Å²) >= 11 is 0. The summed E-state index contributed by atoms with van der Waals surface area (Å²) in [6.45, 7) is 2.31. The Balaban J connectivity index is 1.92. The highest BCUT2D eigenvalue weighted by molar-refractivity contribution is 6.85. The van der Waals surface area contributed by atoms with Gasteiger partial charge in [0, 0.05) is 0 Å². The van der Waals surface area contributed by atoms with Gasteiger partial charge in [0.05, 0.1) is 7.11 Å². The molecule has 0 aliphatic heterocycles. The van der Waals surface area contributed by atoms with Crippen LogP contribution in [0.2, 0.25) is 6.04 Å². The number of para-hydroxylation sites is 1. The number of benzene rings is 3. The first kappa shape index (κ1) is 16.5. The minimum atomic E-state index is -0.826. The monoisotopic (exact) mass is 331 g/mol. The SMILES string of the molecule is COc1ccccc1[C@H](C)C[Si](c1ccccc1)c1ccccc1. The normalized spacial score (nSPS) is 12.1. The Morgan fingerprint density at radius 2 is 1.25 bits per heavy atom. The Morgan fingerprint density at radius 1 is 0.750 bits per heavy atom. The maximum atomic E-state index is 5.57. The van der Waals surface area contributed by atoms with Crippen molar-refractivity contribution in [2.24, 2.45) is 0 Å². The van der Waals surface area contributed by atoms with E-state index in [1.165, 1.54) is 15.9 Å². The number of hydrogen-bond acceptors (Lipinski definition) is 1. The largest absolute Gasteiger partial charge is 0.496 e. The molecule has 1 nitrogen and oxygen atoms in total. The predicted molar refractivity (Wildman–Crippen MR) is 104 cm³/mol. The molecule has 24 heavy (non-hydrogen) atoms. The van der Waals surface area contributed by atoms with E-state index in [9.17, 15) is 0 Å². The van der Waals surface area contributed by atoms with Crippen molar-refractivity contribution in [2.45, 2.75) is 18.9 Å². The third-order valence-corrected chi connectivity index (χ3v) is 7.51. The fraction of sp³-hybridized carbons (Fsp3) is 0.182. The van der Waals surface area contributed by atoms with Crippen molar-refractivity contribution in [1.29, 1.82) is 0 Å². The van der Waals surface area contributed by atoms with Gasteiger partial charge in [0.15, 0.2) is 0 Å². The van der Waals surface area contributed by atoms with Crippen molar-refractivity contribution >= 4 is 19.2 Å². The second kappa shape index (κ2) is 7.98. The van der Waals surface area contributed by atoms with E-state index in [4.69, 9.17) is 4.74 Å². The van der Waals surface area contributed by atoms with Crippen molar-refractivity contribution in [3.8, 4) is 5.75 Å². The Kier molecular flexibility index (Phi) is 5.50. The first-order valence-corrected chi connectivity index (χ1v) is 10.1. The molecule has 121 valence electrons. The number of ether oxygens (including phenoxy) is 1. The summed E-state index contributed by atoms with van der Waals surface area (Å²) in [6.07, 6.45) is 0. The van der Waals surface area contributed by atoms with E-state index in [0.717, 1.165) is 11.8 Å². The van der Waals surface area contributed by atoms with Gasteiger partial charge in [-0.1, -0.05) is 96.2 Å². The lowest BCUT2D eigenvalue weighted by atomic mass is 10.0. The van der Waals surface area contributed by atoms with E-state index in [0.29, 0.717) is 5.92 Å². The van der Waals surface area contributed by atoms with Crippen molar-refractivity contribution < 1.29 is 4.74 Å². The van der Waals surface area contributed by atoms with Gasteiger partial charge in [0.2, 0.25) is 0 Å². The first-order chi connectivity index (χ1) is 11.8. The molecule has 3 rings (SSSR count). The third-order valence-electron chi connectivity index (χ3n) is 4.42. The third kappa shape index (κ3) is 3.77. The Hall–Kier alpha value is -2.32. The van der Waals surface area contributed by atoms with Gasteiger partial charge >= 0.3 is 0 Å². The summed E-state index contributed by atoms with van der Waals surface area (Å²) in [5.74, 6) is 1.45. The van der Waals surface area contributed by atoms with Crippen LogP contribution >= 0.6 is 0 Å². The molecule has 2 heteroatoms. The molecule has 1 radical (unpaired) electrons. The highest BCUT2D eigenvalue weighted by Crippen LogP contribution is 2.29. The molecule has 0 aliphatic rings. The molecule has 0 spiro atoms. The maximum Gasteiger partial charge on any atom is 0.122 e. The molecule has 0 heterocycles. The summed E-state index contributed by atoms with van der Waals surface area (Å²) in [6, 6.07) is 31.4. The molecular weight excluding hydrogens is 308 g/mol. The second-order valence-electron chi connectivity index (χ2n) is 6.06. The Bertz CT molecular complexity index is 716. The highest BCUT2D eigenvalue weighted by Gasteiger charge is 2.22. The molecule has 0 N–H and O–H groups in total. The van der Waals surface area contributed by atoms with Crippen molar-refractivity contribution in [1.82, 2.24) is 0 Å². The van der Waals surface area contributed by atoms with E-state index in [1.807, 2.05) is 6.07 Å². The number of hydrogen-bond donors (Lipinski definition) is 0. The van der Waals surface area contributed by atoms with Crippen LogP contribution in [0.4, 0.5) is 0 Å². The molecule has 1 atom stereocenters. The van der Waals surface area contributed by atoms with Gasteiger partial charge in [0.1, 0.15) is 14.5 Å². The van der Waals surface area contributed by atoms with Crippen LogP contribution in [0.5, 0.6) is 5.75 Å². The summed E-state index contributed by atoms with van der Waals surface area (Å²) in [7, 11) is 0.930. The van der Waals surface area contributed by atoms with Gasteiger partial charge < -0.3 is 4.74 Å². The Morgan fingerprint density at radius 3 is 1.79 bits per heavy atom. The average Bonchev–Trinajstić information content (AvgIpc) is 2.67.